The van der Waals surface area contributed by atoms with Crippen molar-refractivity contribution >= 4 is 16.7 Å². The van der Waals surface area contributed by atoms with Crippen LogP contribution in [0.5, 0.6) is 0 Å². The Labute approximate surface area is 174 Å². The maximum Gasteiger partial charge on any atom is 0.159 e. The van der Waals surface area contributed by atoms with Crippen molar-refractivity contribution in [3.8, 4) is 11.9 Å². The summed E-state index contributed by atoms with van der Waals surface area (Å²) in [4.78, 5) is 11.1. The minimum absolute atomic E-state index is 0.0764. The fraction of sp³-hybridized carbons (Fsp3) is 0.478. The van der Waals surface area contributed by atoms with E-state index in [-0.39, 0.29) is 22.3 Å². The third kappa shape index (κ3) is 2.04. The summed E-state index contributed by atoms with van der Waals surface area (Å²) in [5.74, 6) is 1.54. The Morgan fingerprint density at radius 3 is 2.63 bits per heavy atom. The summed E-state index contributed by atoms with van der Waals surface area (Å²) < 4.78 is 1.84. The molecule has 1 aromatic carbocycles. The first-order valence-electron chi connectivity index (χ1n) is 10.7. The van der Waals surface area contributed by atoms with Crippen LogP contribution in [0, 0.1) is 22.2 Å². The molecular weight excluding hydrogens is 376 g/mol. The normalized spacial score (nSPS) is 29.5. The van der Waals surface area contributed by atoms with Gasteiger partial charge in [-0.25, -0.2) is 14.6 Å². The van der Waals surface area contributed by atoms with Crippen molar-refractivity contribution in [1.82, 2.24) is 19.7 Å². The minimum Gasteiger partial charge on any atom is -0.391 e. The average Bonchev–Trinajstić information content (AvgIpc) is 3.72. The van der Waals surface area contributed by atoms with E-state index < -0.39 is 0 Å². The van der Waals surface area contributed by atoms with E-state index in [4.69, 9.17) is 0 Å². The molecule has 4 fully saturated rings. The molecule has 2 aromatic heterocycles. The van der Waals surface area contributed by atoms with Crippen LogP contribution in [-0.4, -0.2) is 44.0 Å². The molecule has 3 aromatic rings. The Kier molecular flexibility index (Phi) is 2.90. The SMILES string of the molecule is N#C[C@]1(c2ccc3cnn(-c4cc(N5C[C@@H](O)C6(CC6)C5)ncn4)c3c2)CC12CC2. The Hall–Kier alpha value is -2.98. The van der Waals surface area contributed by atoms with Crippen molar-refractivity contribution in [2.24, 2.45) is 10.8 Å². The first kappa shape index (κ1) is 16.8. The number of aliphatic hydroxyl groups is 1. The predicted molar refractivity (Wildman–Crippen MR) is 110 cm³/mol. The van der Waals surface area contributed by atoms with Crippen LogP contribution in [0.1, 0.15) is 37.7 Å². The van der Waals surface area contributed by atoms with E-state index >= 15 is 0 Å². The number of nitrogens with zero attached hydrogens (tertiary/aromatic N) is 6. The molecular formula is C23H22N6O. The van der Waals surface area contributed by atoms with E-state index in [1.807, 2.05) is 16.9 Å². The van der Waals surface area contributed by atoms with Crippen molar-refractivity contribution in [3.63, 3.8) is 0 Å². The van der Waals surface area contributed by atoms with Crippen molar-refractivity contribution in [1.29, 1.82) is 5.26 Å². The highest BCUT2D eigenvalue weighted by atomic mass is 16.3. The highest BCUT2D eigenvalue weighted by molar-refractivity contribution is 5.82. The molecule has 7 rings (SSSR count). The van der Waals surface area contributed by atoms with Crippen LogP contribution in [0.3, 0.4) is 0 Å². The quantitative estimate of drug-likeness (QED) is 0.730. The molecule has 2 spiro atoms. The van der Waals surface area contributed by atoms with Gasteiger partial charge in [-0.3, -0.25) is 0 Å². The molecule has 1 saturated heterocycles. The van der Waals surface area contributed by atoms with Gasteiger partial charge in [0, 0.05) is 30.0 Å². The van der Waals surface area contributed by atoms with Crippen LogP contribution in [0.4, 0.5) is 5.82 Å². The lowest BCUT2D eigenvalue weighted by Crippen LogP contribution is -2.22. The molecule has 150 valence electrons. The van der Waals surface area contributed by atoms with Gasteiger partial charge in [-0.15, -0.1) is 0 Å². The third-order valence-corrected chi connectivity index (χ3v) is 8.17. The summed E-state index contributed by atoms with van der Waals surface area (Å²) in [7, 11) is 0. The van der Waals surface area contributed by atoms with Gasteiger partial charge in [-0.2, -0.15) is 10.4 Å². The lowest BCUT2D eigenvalue weighted by atomic mass is 9.93. The largest absolute Gasteiger partial charge is 0.391 e. The van der Waals surface area contributed by atoms with Gasteiger partial charge in [0.15, 0.2) is 5.82 Å². The number of β-amino-alcohol motifs (C(OH)–C–C–N with tert-alkyl or cyclic N) is 1. The van der Waals surface area contributed by atoms with E-state index in [1.54, 1.807) is 6.33 Å². The smallest absolute Gasteiger partial charge is 0.159 e. The first-order chi connectivity index (χ1) is 14.6. The second kappa shape index (κ2) is 5.19. The molecule has 3 aliphatic carbocycles. The highest BCUT2D eigenvalue weighted by Gasteiger charge is 2.75. The van der Waals surface area contributed by atoms with Gasteiger partial charge in [0.2, 0.25) is 0 Å². The Bertz CT molecular complexity index is 1250. The minimum atomic E-state index is -0.322. The molecule has 2 atom stereocenters. The van der Waals surface area contributed by atoms with Crippen LogP contribution >= 0.6 is 0 Å². The second-order valence-electron chi connectivity index (χ2n) is 9.80. The number of benzene rings is 1. The summed E-state index contributed by atoms with van der Waals surface area (Å²) in [5, 5.41) is 25.9. The number of hydrogen-bond donors (Lipinski definition) is 1. The van der Waals surface area contributed by atoms with Crippen molar-refractivity contribution in [3.05, 3.63) is 42.4 Å². The molecule has 30 heavy (non-hydrogen) atoms. The van der Waals surface area contributed by atoms with Gasteiger partial charge in [0.05, 0.1) is 29.3 Å². The Morgan fingerprint density at radius 2 is 1.93 bits per heavy atom. The van der Waals surface area contributed by atoms with Crippen LogP contribution in [0.15, 0.2) is 36.8 Å². The fourth-order valence-corrected chi connectivity index (χ4v) is 5.72. The molecule has 7 nitrogen and oxygen atoms in total. The van der Waals surface area contributed by atoms with E-state index in [1.165, 1.54) is 0 Å². The van der Waals surface area contributed by atoms with Gasteiger partial charge in [0.25, 0.3) is 0 Å². The van der Waals surface area contributed by atoms with Crippen molar-refractivity contribution < 1.29 is 5.11 Å². The number of anilines is 1. The number of hydrogen-bond acceptors (Lipinski definition) is 6. The highest BCUT2D eigenvalue weighted by Crippen LogP contribution is 2.78. The molecule has 0 radical (unpaired) electrons. The lowest BCUT2D eigenvalue weighted by molar-refractivity contribution is 0.136. The standard InChI is InChI=1S/C23H22N6O/c24-12-23(11-22(23)5-6-22)16-2-1-15-9-27-29(17(15)7-16)20-8-19(25-14-26-20)28-10-18(30)21(13-28)3-4-21/h1-2,7-9,14,18,30H,3-6,10-11,13H2/t18-,23+/m1/s1. The zero-order chi connectivity index (χ0) is 20.1. The third-order valence-electron chi connectivity index (χ3n) is 8.17. The van der Waals surface area contributed by atoms with Crippen LogP contribution in [0.2, 0.25) is 0 Å². The van der Waals surface area contributed by atoms with E-state index in [0.29, 0.717) is 12.4 Å². The molecule has 3 heterocycles. The Balaban J connectivity index is 1.28. The summed E-state index contributed by atoms with van der Waals surface area (Å²) in [6.45, 7) is 1.47. The molecule has 7 heteroatoms. The second-order valence-corrected chi connectivity index (χ2v) is 9.80. The molecule has 1 aliphatic heterocycles. The zero-order valence-electron chi connectivity index (χ0n) is 16.6. The van der Waals surface area contributed by atoms with Gasteiger partial charge in [0.1, 0.15) is 12.1 Å². The number of nitriles is 1. The topological polar surface area (TPSA) is 90.9 Å². The summed E-state index contributed by atoms with van der Waals surface area (Å²) in [5.41, 5.74) is 2.06. The Morgan fingerprint density at radius 1 is 1.10 bits per heavy atom. The first-order valence-corrected chi connectivity index (χ1v) is 10.7. The van der Waals surface area contributed by atoms with Gasteiger partial charge < -0.3 is 10.0 Å². The van der Waals surface area contributed by atoms with Gasteiger partial charge in [-0.05, 0) is 49.1 Å². The molecule has 4 aliphatic rings. The predicted octanol–water partition coefficient (Wildman–Crippen LogP) is 2.72. The van der Waals surface area contributed by atoms with Crippen LogP contribution in [-0.2, 0) is 5.41 Å². The lowest BCUT2D eigenvalue weighted by Gasteiger charge is -2.17. The maximum atomic E-state index is 10.4. The van der Waals surface area contributed by atoms with Gasteiger partial charge in [-0.1, -0.05) is 12.1 Å². The molecule has 3 saturated carbocycles. The van der Waals surface area contributed by atoms with E-state index in [0.717, 1.165) is 60.9 Å². The van der Waals surface area contributed by atoms with Crippen molar-refractivity contribution in [2.45, 2.75) is 43.6 Å². The number of fused-ring (bicyclic) bond motifs is 1. The summed E-state index contributed by atoms with van der Waals surface area (Å²) in [6, 6.07) is 10.9. The molecule has 0 amide bonds. The summed E-state index contributed by atoms with van der Waals surface area (Å²) >= 11 is 0. The zero-order valence-corrected chi connectivity index (χ0v) is 16.6. The number of aliphatic hydroxyl groups excluding tert-OH is 1. The van der Waals surface area contributed by atoms with Gasteiger partial charge >= 0.3 is 0 Å². The number of rotatable bonds is 3. The summed E-state index contributed by atoms with van der Waals surface area (Å²) in [6.07, 6.45) is 8.63. The van der Waals surface area contributed by atoms with Crippen molar-refractivity contribution in [2.75, 3.05) is 18.0 Å². The van der Waals surface area contributed by atoms with Crippen LogP contribution in [0.25, 0.3) is 16.7 Å². The molecule has 0 unspecified atom stereocenters. The molecule has 1 N–H and O–H groups in total. The fourth-order valence-electron chi connectivity index (χ4n) is 5.72. The molecule has 0 bridgehead atoms. The maximum absolute atomic E-state index is 10.4. The monoisotopic (exact) mass is 398 g/mol. The van der Waals surface area contributed by atoms with E-state index in [2.05, 4.69) is 44.2 Å². The van der Waals surface area contributed by atoms with E-state index in [9.17, 15) is 10.4 Å². The number of aromatic nitrogens is 4. The average molecular weight is 398 g/mol. The van der Waals surface area contributed by atoms with Crippen LogP contribution < -0.4 is 4.90 Å².